The molecular formula is C22H19F3N4O3S. The summed E-state index contributed by atoms with van der Waals surface area (Å²) in [7, 11) is 0. The van der Waals surface area contributed by atoms with Crippen LogP contribution in [0.15, 0.2) is 36.4 Å². The fourth-order valence-corrected chi connectivity index (χ4v) is 3.80. The first kappa shape index (κ1) is 24.0. The average Bonchev–Trinajstić information content (AvgIpc) is 2.72. The Bertz CT molecular complexity index is 1190. The molecule has 0 atom stereocenters. The minimum atomic E-state index is -4.76. The molecule has 33 heavy (non-hydrogen) atoms. The minimum Gasteiger partial charge on any atom is -0.472 e. The first-order valence-corrected chi connectivity index (χ1v) is 10.1. The second kappa shape index (κ2) is 8.71. The Morgan fingerprint density at radius 3 is 2.55 bits per heavy atom. The third-order valence-corrected chi connectivity index (χ3v) is 5.24. The number of carbonyl (C=O) groups is 2. The molecular weight excluding hydrogens is 457 g/mol. The summed E-state index contributed by atoms with van der Waals surface area (Å²) < 4.78 is 45.3. The van der Waals surface area contributed by atoms with Crippen LogP contribution in [0.2, 0.25) is 0 Å². The number of halogens is 3. The van der Waals surface area contributed by atoms with Crippen molar-refractivity contribution in [2.75, 3.05) is 16.9 Å². The third-order valence-electron chi connectivity index (χ3n) is 5.06. The van der Waals surface area contributed by atoms with E-state index in [-0.39, 0.29) is 18.3 Å². The number of benzene rings is 2. The highest BCUT2D eigenvalue weighted by Gasteiger charge is 2.38. The van der Waals surface area contributed by atoms with E-state index in [1.165, 1.54) is 23.1 Å². The van der Waals surface area contributed by atoms with Crippen LogP contribution in [0.1, 0.15) is 42.3 Å². The normalized spacial score (nSPS) is 13.2. The third kappa shape index (κ3) is 4.75. The van der Waals surface area contributed by atoms with Gasteiger partial charge < -0.3 is 20.3 Å². The summed E-state index contributed by atoms with van der Waals surface area (Å²) in [6.45, 7) is 4.70. The summed E-state index contributed by atoms with van der Waals surface area (Å²) >= 11 is 5.35. The number of fused-ring (bicyclic) bond motifs is 1. The zero-order valence-corrected chi connectivity index (χ0v) is 18.6. The van der Waals surface area contributed by atoms with E-state index in [0.29, 0.717) is 28.1 Å². The molecule has 1 aliphatic rings. The smallest absolute Gasteiger partial charge is 0.417 e. The maximum Gasteiger partial charge on any atom is 0.417 e. The van der Waals surface area contributed by atoms with Crippen molar-refractivity contribution in [2.45, 2.75) is 32.5 Å². The van der Waals surface area contributed by atoms with Crippen molar-refractivity contribution in [1.29, 1.82) is 5.26 Å². The van der Waals surface area contributed by atoms with Gasteiger partial charge in [-0.1, -0.05) is 12.2 Å². The molecule has 2 aromatic rings. The van der Waals surface area contributed by atoms with E-state index in [4.69, 9.17) is 22.2 Å². The Morgan fingerprint density at radius 1 is 1.24 bits per heavy atom. The molecule has 2 N–H and O–H groups in total. The van der Waals surface area contributed by atoms with Crippen LogP contribution in [0, 0.1) is 11.3 Å². The van der Waals surface area contributed by atoms with Crippen LogP contribution in [-0.4, -0.2) is 29.1 Å². The number of ether oxygens (including phenoxy) is 1. The summed E-state index contributed by atoms with van der Waals surface area (Å²) in [6.07, 6.45) is -4.76. The number of hydrogen-bond acceptors (Lipinski definition) is 5. The summed E-state index contributed by atoms with van der Waals surface area (Å²) in [6, 6.07) is 9.14. The lowest BCUT2D eigenvalue weighted by Gasteiger charge is -2.38. The van der Waals surface area contributed by atoms with Crippen LogP contribution in [0.25, 0.3) is 0 Å². The highest BCUT2D eigenvalue weighted by molar-refractivity contribution is 7.80. The maximum atomic E-state index is 13.3. The van der Waals surface area contributed by atoms with E-state index in [9.17, 15) is 22.8 Å². The van der Waals surface area contributed by atoms with Gasteiger partial charge >= 0.3 is 6.18 Å². The Morgan fingerprint density at radius 2 is 1.94 bits per heavy atom. The van der Waals surface area contributed by atoms with Crippen LogP contribution in [0.4, 0.5) is 24.5 Å². The molecule has 0 saturated heterocycles. The number of hydrogen-bond donors (Lipinski definition) is 2. The molecule has 0 aromatic heterocycles. The number of thiocarbonyl (C=S) groups is 1. The van der Waals surface area contributed by atoms with Gasteiger partial charge in [-0.3, -0.25) is 9.59 Å². The predicted molar refractivity (Wildman–Crippen MR) is 119 cm³/mol. The summed E-state index contributed by atoms with van der Waals surface area (Å²) in [5, 5.41) is 14.0. The van der Waals surface area contributed by atoms with E-state index in [0.717, 1.165) is 6.07 Å². The standard InChI is InChI=1S/C22H19F3N4O3S/c1-12(33)29(15-6-7-16-18(9-15)32-11-27-19(16)30)21(2,3)20(31)28-14-5-4-13(10-26)17(8-14)22(23,24)25/h4-9H,11H2,1-3H3,(H,27,30)(H,28,31). The Kier molecular flexibility index (Phi) is 6.33. The summed E-state index contributed by atoms with van der Waals surface area (Å²) in [5.41, 5.74) is -2.36. The molecule has 0 spiro atoms. The number of amides is 2. The Labute approximate surface area is 193 Å². The van der Waals surface area contributed by atoms with Gasteiger partial charge in [0.25, 0.3) is 5.91 Å². The van der Waals surface area contributed by atoms with Crippen molar-refractivity contribution in [3.05, 3.63) is 53.1 Å². The number of anilines is 2. The molecule has 0 radical (unpaired) electrons. The average molecular weight is 476 g/mol. The molecule has 0 saturated carbocycles. The quantitative estimate of drug-likeness (QED) is 0.642. The molecule has 1 aliphatic heterocycles. The highest BCUT2D eigenvalue weighted by atomic mass is 32.1. The second-order valence-corrected chi connectivity index (χ2v) is 8.30. The van der Waals surface area contributed by atoms with Crippen molar-refractivity contribution >= 4 is 40.4 Å². The largest absolute Gasteiger partial charge is 0.472 e. The van der Waals surface area contributed by atoms with Gasteiger partial charge in [-0.15, -0.1) is 0 Å². The Balaban J connectivity index is 1.94. The van der Waals surface area contributed by atoms with Crippen LogP contribution < -0.4 is 20.3 Å². The fraction of sp³-hybridized carbons (Fsp3) is 0.273. The van der Waals surface area contributed by atoms with Crippen molar-refractivity contribution in [3.8, 4) is 11.8 Å². The van der Waals surface area contributed by atoms with Gasteiger partial charge in [-0.2, -0.15) is 18.4 Å². The number of carbonyl (C=O) groups excluding carboxylic acids is 2. The molecule has 0 aliphatic carbocycles. The van der Waals surface area contributed by atoms with E-state index >= 15 is 0 Å². The maximum absolute atomic E-state index is 13.3. The topological polar surface area (TPSA) is 94.5 Å². The first-order chi connectivity index (χ1) is 15.4. The van der Waals surface area contributed by atoms with E-state index in [2.05, 4.69) is 10.6 Å². The van der Waals surface area contributed by atoms with Crippen molar-refractivity contribution < 1.29 is 27.5 Å². The van der Waals surface area contributed by atoms with Crippen molar-refractivity contribution in [1.82, 2.24) is 5.32 Å². The minimum absolute atomic E-state index is 0.00400. The second-order valence-electron chi connectivity index (χ2n) is 7.71. The van der Waals surface area contributed by atoms with Gasteiger partial charge in [-0.05, 0) is 51.1 Å². The van der Waals surface area contributed by atoms with E-state index in [1.807, 2.05) is 0 Å². The number of nitrogens with zero attached hydrogens (tertiary/aromatic N) is 2. The molecule has 2 aromatic carbocycles. The van der Waals surface area contributed by atoms with Crippen LogP contribution in [0.3, 0.4) is 0 Å². The van der Waals surface area contributed by atoms with Crippen LogP contribution in [-0.2, 0) is 11.0 Å². The zero-order valence-electron chi connectivity index (χ0n) is 17.8. The lowest BCUT2D eigenvalue weighted by Crippen LogP contribution is -2.54. The lowest BCUT2D eigenvalue weighted by atomic mass is 9.98. The van der Waals surface area contributed by atoms with Gasteiger partial charge in [0.2, 0.25) is 5.91 Å². The number of nitrogens with one attached hydrogen (secondary N) is 2. The molecule has 0 bridgehead atoms. The van der Waals surface area contributed by atoms with Crippen molar-refractivity contribution in [2.24, 2.45) is 0 Å². The van der Waals surface area contributed by atoms with Crippen LogP contribution in [0.5, 0.6) is 5.75 Å². The van der Waals surface area contributed by atoms with Gasteiger partial charge in [-0.25, -0.2) is 0 Å². The zero-order chi connectivity index (χ0) is 24.6. The number of alkyl halides is 3. The molecule has 2 amide bonds. The van der Waals surface area contributed by atoms with Gasteiger partial charge in [0.1, 0.15) is 11.3 Å². The summed E-state index contributed by atoms with van der Waals surface area (Å²) in [5.74, 6) is -0.622. The van der Waals surface area contributed by atoms with E-state index in [1.54, 1.807) is 32.9 Å². The number of rotatable bonds is 4. The molecule has 3 rings (SSSR count). The van der Waals surface area contributed by atoms with Crippen molar-refractivity contribution in [3.63, 3.8) is 0 Å². The molecule has 0 unspecified atom stereocenters. The monoisotopic (exact) mass is 476 g/mol. The molecule has 172 valence electrons. The highest BCUT2D eigenvalue weighted by Crippen LogP contribution is 2.35. The van der Waals surface area contributed by atoms with E-state index < -0.39 is 28.7 Å². The number of nitriles is 1. The Hall–Kier alpha value is -3.65. The molecule has 7 nitrogen and oxygen atoms in total. The molecule has 11 heteroatoms. The van der Waals surface area contributed by atoms with Gasteiger partial charge in [0, 0.05) is 17.4 Å². The molecule has 1 heterocycles. The van der Waals surface area contributed by atoms with Gasteiger partial charge in [0.15, 0.2) is 6.73 Å². The van der Waals surface area contributed by atoms with Gasteiger partial charge in [0.05, 0.1) is 27.7 Å². The molecule has 0 fully saturated rings. The fourth-order valence-electron chi connectivity index (χ4n) is 3.47. The lowest BCUT2D eigenvalue weighted by molar-refractivity contribution is -0.137. The first-order valence-electron chi connectivity index (χ1n) is 9.65. The summed E-state index contributed by atoms with van der Waals surface area (Å²) in [4.78, 5) is 26.9. The van der Waals surface area contributed by atoms with Crippen LogP contribution >= 0.6 is 12.2 Å². The SMILES string of the molecule is CC(=S)N(c1ccc2c(c1)OCNC2=O)C(C)(C)C(=O)Nc1ccc(C#N)c(C(F)(F)F)c1. The predicted octanol–water partition coefficient (Wildman–Crippen LogP) is 4.23.